The molecule has 2 bridgehead atoms. The van der Waals surface area contributed by atoms with Gasteiger partial charge in [-0.25, -0.2) is 4.79 Å². The first-order valence-corrected chi connectivity index (χ1v) is 9.07. The molecule has 8 nitrogen and oxygen atoms in total. The highest BCUT2D eigenvalue weighted by Crippen LogP contribution is 2.47. The molecule has 1 atom stereocenters. The van der Waals surface area contributed by atoms with Crippen molar-refractivity contribution in [1.82, 2.24) is 10.6 Å². The molecular weight excluding hydrogens is 352 g/mol. The molecule has 1 aromatic carbocycles. The zero-order valence-corrected chi connectivity index (χ0v) is 15.4. The van der Waals surface area contributed by atoms with Gasteiger partial charge in [0.25, 0.3) is 5.91 Å². The Morgan fingerprint density at radius 3 is 2.59 bits per heavy atom. The molecule has 4 rings (SSSR count). The van der Waals surface area contributed by atoms with Gasteiger partial charge in [0, 0.05) is 12.6 Å². The number of rotatable bonds is 7. The highest BCUT2D eigenvalue weighted by Gasteiger charge is 2.55. The lowest BCUT2D eigenvalue weighted by Crippen LogP contribution is -2.70. The van der Waals surface area contributed by atoms with Crippen LogP contribution in [-0.2, 0) is 16.1 Å². The maximum absolute atomic E-state index is 12.4. The molecule has 27 heavy (non-hydrogen) atoms. The smallest absolute Gasteiger partial charge is 0.405 e. The van der Waals surface area contributed by atoms with Gasteiger partial charge in [-0.2, -0.15) is 0 Å². The Hall–Kier alpha value is -2.32. The normalized spacial score (nSPS) is 29.2. The number of carboxylic acid groups (broad SMARTS) is 1. The molecule has 4 N–H and O–H groups in total. The van der Waals surface area contributed by atoms with Crippen LogP contribution in [0.15, 0.2) is 24.3 Å². The Kier molecular flexibility index (Phi) is 5.57. The lowest BCUT2D eigenvalue weighted by Gasteiger charge is -2.55. The van der Waals surface area contributed by atoms with Crippen molar-refractivity contribution in [3.63, 3.8) is 0 Å². The van der Waals surface area contributed by atoms with E-state index in [0.717, 1.165) is 5.56 Å². The second kappa shape index (κ2) is 7.74. The average molecular weight is 378 g/mol. The third-order valence-corrected chi connectivity index (χ3v) is 5.66. The Balaban J connectivity index is 1.54. The van der Waals surface area contributed by atoms with Crippen molar-refractivity contribution in [2.24, 2.45) is 0 Å². The summed E-state index contributed by atoms with van der Waals surface area (Å²) < 4.78 is 10.7. The van der Waals surface area contributed by atoms with Gasteiger partial charge in [0.1, 0.15) is 5.75 Å². The molecule has 0 spiro atoms. The summed E-state index contributed by atoms with van der Waals surface area (Å²) in [7, 11) is 1.61. The molecule has 0 unspecified atom stereocenters. The molecule has 3 aliphatic carbocycles. The van der Waals surface area contributed by atoms with Crippen LogP contribution in [0, 0.1) is 0 Å². The number of nitrogens with one attached hydrogen (secondary N) is 2. The lowest BCUT2D eigenvalue weighted by atomic mass is 9.60. The van der Waals surface area contributed by atoms with Crippen LogP contribution in [0.3, 0.4) is 0 Å². The second-order valence-electron chi connectivity index (χ2n) is 7.50. The van der Waals surface area contributed by atoms with E-state index in [-0.39, 0.29) is 12.5 Å². The number of benzene rings is 1. The van der Waals surface area contributed by atoms with Crippen LogP contribution in [0.4, 0.5) is 4.79 Å². The molecule has 0 aliphatic heterocycles. The van der Waals surface area contributed by atoms with Crippen LogP contribution in [-0.4, -0.2) is 53.1 Å². The number of hydrogen-bond donors (Lipinski definition) is 4. The van der Waals surface area contributed by atoms with Crippen LogP contribution < -0.4 is 15.4 Å². The fourth-order valence-corrected chi connectivity index (χ4v) is 4.25. The predicted molar refractivity (Wildman–Crippen MR) is 96.5 cm³/mol. The first-order valence-electron chi connectivity index (χ1n) is 9.07. The van der Waals surface area contributed by atoms with E-state index in [0.29, 0.717) is 44.5 Å². The van der Waals surface area contributed by atoms with Gasteiger partial charge in [0.2, 0.25) is 0 Å². The Morgan fingerprint density at radius 1 is 1.22 bits per heavy atom. The number of carbonyl (C=O) groups excluding carboxylic acids is 1. The number of amides is 2. The number of aliphatic hydroxyl groups excluding tert-OH is 1. The molecular formula is C19H26N2O6. The van der Waals surface area contributed by atoms with E-state index >= 15 is 0 Å². The van der Waals surface area contributed by atoms with Crippen molar-refractivity contribution in [3.05, 3.63) is 29.8 Å². The van der Waals surface area contributed by atoms with Crippen LogP contribution in [0.5, 0.6) is 5.75 Å². The maximum Gasteiger partial charge on any atom is 0.405 e. The molecule has 3 saturated carbocycles. The summed E-state index contributed by atoms with van der Waals surface area (Å²) >= 11 is 0. The molecule has 0 heterocycles. The fraction of sp³-hybridized carbons (Fsp3) is 0.579. The molecule has 1 aromatic rings. The molecule has 0 radical (unpaired) electrons. The van der Waals surface area contributed by atoms with E-state index in [1.807, 2.05) is 18.2 Å². The standard InChI is InChI=1S/C19H26N2O6/c1-26-11-13-3-2-4-14(9-13)27-12-16(23)20-18-5-7-19(8-6-18,15(22)10-18)21-17(24)25/h2-4,9,15,21-22H,5-8,10-12H2,1H3,(H,20,23)(H,24,25)/t15-,18?,19?/m0/s1. The number of aliphatic hydroxyl groups is 1. The molecule has 0 aromatic heterocycles. The minimum absolute atomic E-state index is 0.118. The number of hydrogen-bond acceptors (Lipinski definition) is 5. The highest BCUT2D eigenvalue weighted by atomic mass is 16.5. The molecule has 0 saturated heterocycles. The van der Waals surface area contributed by atoms with E-state index in [4.69, 9.17) is 14.6 Å². The fourth-order valence-electron chi connectivity index (χ4n) is 4.25. The van der Waals surface area contributed by atoms with Gasteiger partial charge < -0.3 is 30.3 Å². The molecule has 148 valence electrons. The minimum Gasteiger partial charge on any atom is -0.484 e. The van der Waals surface area contributed by atoms with Gasteiger partial charge in [-0.05, 0) is 49.8 Å². The Labute approximate surface area is 157 Å². The summed E-state index contributed by atoms with van der Waals surface area (Å²) in [6.07, 6.45) is 0.641. The van der Waals surface area contributed by atoms with Gasteiger partial charge in [0.05, 0.1) is 18.2 Å². The van der Waals surface area contributed by atoms with Crippen LogP contribution in [0.2, 0.25) is 0 Å². The molecule has 3 aliphatic rings. The van der Waals surface area contributed by atoms with Gasteiger partial charge in [-0.15, -0.1) is 0 Å². The summed E-state index contributed by atoms with van der Waals surface area (Å²) in [4.78, 5) is 23.4. The third-order valence-electron chi connectivity index (χ3n) is 5.66. The highest BCUT2D eigenvalue weighted by molar-refractivity contribution is 5.78. The zero-order valence-electron chi connectivity index (χ0n) is 15.4. The van der Waals surface area contributed by atoms with Crippen molar-refractivity contribution in [3.8, 4) is 5.75 Å². The maximum atomic E-state index is 12.4. The van der Waals surface area contributed by atoms with Crippen molar-refractivity contribution in [2.75, 3.05) is 13.7 Å². The van der Waals surface area contributed by atoms with E-state index < -0.39 is 23.3 Å². The Morgan fingerprint density at radius 2 is 1.96 bits per heavy atom. The van der Waals surface area contributed by atoms with E-state index in [2.05, 4.69) is 10.6 Å². The predicted octanol–water partition coefficient (Wildman–Crippen LogP) is 1.41. The van der Waals surface area contributed by atoms with E-state index in [1.165, 1.54) is 0 Å². The van der Waals surface area contributed by atoms with Gasteiger partial charge in [-0.3, -0.25) is 4.79 Å². The largest absolute Gasteiger partial charge is 0.484 e. The topological polar surface area (TPSA) is 117 Å². The van der Waals surface area contributed by atoms with Crippen molar-refractivity contribution >= 4 is 12.0 Å². The van der Waals surface area contributed by atoms with Gasteiger partial charge in [0.15, 0.2) is 6.61 Å². The molecule has 8 heteroatoms. The first-order chi connectivity index (χ1) is 12.9. The summed E-state index contributed by atoms with van der Waals surface area (Å²) in [5, 5.41) is 25.0. The number of fused-ring (bicyclic) bond motifs is 3. The summed E-state index contributed by atoms with van der Waals surface area (Å²) in [5.41, 5.74) is -0.338. The second-order valence-corrected chi connectivity index (χ2v) is 7.50. The van der Waals surface area contributed by atoms with Crippen molar-refractivity contribution in [2.45, 2.75) is 55.9 Å². The van der Waals surface area contributed by atoms with Crippen molar-refractivity contribution < 1.29 is 29.3 Å². The SMILES string of the molecule is COCc1cccc(OCC(=O)NC23CCC(NC(=O)O)(CC2)[C@@H](O)C3)c1. The summed E-state index contributed by atoms with van der Waals surface area (Å²) in [6, 6.07) is 7.36. The number of carbonyl (C=O) groups is 2. The average Bonchev–Trinajstić information content (AvgIpc) is 2.62. The summed E-state index contributed by atoms with van der Waals surface area (Å²) in [5.74, 6) is 0.342. The Bertz CT molecular complexity index is 699. The van der Waals surface area contributed by atoms with Gasteiger partial charge >= 0.3 is 6.09 Å². The monoisotopic (exact) mass is 378 g/mol. The van der Waals surface area contributed by atoms with Crippen LogP contribution in [0.1, 0.15) is 37.7 Å². The number of ether oxygens (including phenoxy) is 2. The van der Waals surface area contributed by atoms with E-state index in [1.54, 1.807) is 13.2 Å². The first kappa shape index (κ1) is 19.4. The number of methoxy groups -OCH3 is 1. The summed E-state index contributed by atoms with van der Waals surface area (Å²) in [6.45, 7) is 0.351. The van der Waals surface area contributed by atoms with Crippen LogP contribution >= 0.6 is 0 Å². The van der Waals surface area contributed by atoms with Gasteiger partial charge in [-0.1, -0.05) is 12.1 Å². The minimum atomic E-state index is -1.13. The quantitative estimate of drug-likeness (QED) is 0.570. The molecule has 3 fully saturated rings. The lowest BCUT2D eigenvalue weighted by molar-refractivity contribution is -0.129. The zero-order chi connectivity index (χ0) is 19.5. The van der Waals surface area contributed by atoms with Crippen molar-refractivity contribution in [1.29, 1.82) is 0 Å². The third kappa shape index (κ3) is 4.33. The van der Waals surface area contributed by atoms with Crippen LogP contribution in [0.25, 0.3) is 0 Å². The molecule has 2 amide bonds. The van der Waals surface area contributed by atoms with E-state index in [9.17, 15) is 14.7 Å².